The third-order valence-corrected chi connectivity index (χ3v) is 16.3. The Balaban J connectivity index is 0.965. The number of morpholine rings is 2. The van der Waals surface area contributed by atoms with Gasteiger partial charge in [-0.1, -0.05) is 30.8 Å². The van der Waals surface area contributed by atoms with E-state index >= 15 is 0 Å². The number of rotatable bonds is 16. The maximum absolute atomic E-state index is 13.3. The fourth-order valence-electron chi connectivity index (χ4n) is 6.95. The van der Waals surface area contributed by atoms with E-state index in [1.54, 1.807) is 36.4 Å². The van der Waals surface area contributed by atoms with Crippen molar-refractivity contribution < 1.29 is 44.0 Å². The van der Waals surface area contributed by atoms with E-state index in [2.05, 4.69) is 16.4 Å². The van der Waals surface area contributed by atoms with Gasteiger partial charge >= 0.3 is 10.1 Å². The van der Waals surface area contributed by atoms with E-state index in [-0.39, 0.29) is 24.6 Å². The molecule has 6 heterocycles. The third-order valence-electron chi connectivity index (χ3n) is 10.3. The van der Waals surface area contributed by atoms with Gasteiger partial charge in [0.25, 0.3) is 0 Å². The van der Waals surface area contributed by atoms with Crippen LogP contribution >= 0.6 is 22.7 Å². The molecule has 4 aromatic heterocycles. The summed E-state index contributed by atoms with van der Waals surface area (Å²) in [5.41, 5.74) is 2.32. The van der Waals surface area contributed by atoms with Crippen LogP contribution in [0.15, 0.2) is 95.6 Å². The SMILES string of the molecule is C=CS(=O)(=O)N(C)Cc1cc2nc(-c3cccc(OS(=O)(=O)C=CC=CS(=O)(=O)N(C)Cc4cc5nc(-c6cccc(O)c6)nc(N6CCOCC6)c5s4)c3)nc(N3CCOCC3)c2s1. The second-order valence-electron chi connectivity index (χ2n) is 14.9. The van der Waals surface area contributed by atoms with Crippen molar-refractivity contribution in [2.45, 2.75) is 13.1 Å². The minimum Gasteiger partial charge on any atom is -0.508 e. The standard InChI is InChI=1S/C42H44N8O10S5/c1-4-63(52,53)47(2)27-33-25-36-38(61-33)42(50-15-19-59-20-16-50)46-40(44-36)30-10-8-12-32(24-30)60-65(56,57)22-6-5-21-64(54,55)48(3)28-34-26-35-37(62-34)41(49-13-17-58-18-14-49)45-39(43-35)29-9-7-11-31(51)23-29/h4-12,21-26,51H,1,13-20,27-28H2,2-3H3. The first kappa shape index (κ1) is 46.2. The van der Waals surface area contributed by atoms with Crippen LogP contribution in [0.4, 0.5) is 11.6 Å². The number of aromatic nitrogens is 4. The maximum atomic E-state index is 13.3. The van der Waals surface area contributed by atoms with Crippen LogP contribution in [0.25, 0.3) is 43.2 Å². The molecular weight excluding hydrogens is 937 g/mol. The fourth-order valence-corrected chi connectivity index (χ4v) is 11.5. The van der Waals surface area contributed by atoms with Crippen molar-refractivity contribution in [2.24, 2.45) is 0 Å². The van der Waals surface area contributed by atoms with Gasteiger partial charge in [0, 0.05) is 85.1 Å². The number of anilines is 2. The van der Waals surface area contributed by atoms with E-state index in [1.165, 1.54) is 53.2 Å². The highest BCUT2D eigenvalue weighted by Crippen LogP contribution is 2.37. The number of allylic oxidation sites excluding steroid dienone is 2. The molecule has 0 spiro atoms. The highest BCUT2D eigenvalue weighted by atomic mass is 32.2. The Hall–Kier alpha value is -5.37. The maximum Gasteiger partial charge on any atom is 0.332 e. The molecule has 0 radical (unpaired) electrons. The number of sulfonamides is 2. The Kier molecular flexibility index (Phi) is 13.7. The molecule has 2 saturated heterocycles. The third kappa shape index (κ3) is 10.9. The van der Waals surface area contributed by atoms with Crippen LogP contribution in [0.3, 0.4) is 0 Å². The molecule has 2 aliphatic rings. The summed E-state index contributed by atoms with van der Waals surface area (Å²) < 4.78 is 98.0. The molecule has 2 aliphatic heterocycles. The molecule has 0 saturated carbocycles. The highest BCUT2D eigenvalue weighted by Gasteiger charge is 2.25. The van der Waals surface area contributed by atoms with Crippen LogP contribution in [-0.2, 0) is 52.7 Å². The van der Waals surface area contributed by atoms with Gasteiger partial charge in [-0.2, -0.15) is 17.0 Å². The van der Waals surface area contributed by atoms with Crippen molar-refractivity contribution in [1.82, 2.24) is 28.5 Å². The number of hydrogen-bond acceptors (Lipinski definition) is 18. The Morgan fingerprint density at radius 1 is 0.692 bits per heavy atom. The van der Waals surface area contributed by atoms with Crippen molar-refractivity contribution in [3.8, 4) is 34.3 Å². The molecule has 6 aromatic rings. The van der Waals surface area contributed by atoms with Crippen LogP contribution in [0, 0.1) is 0 Å². The van der Waals surface area contributed by atoms with Gasteiger partial charge in [-0.3, -0.25) is 0 Å². The van der Waals surface area contributed by atoms with Crippen molar-refractivity contribution in [3.63, 3.8) is 0 Å². The van der Waals surface area contributed by atoms with E-state index in [4.69, 9.17) is 33.6 Å². The molecule has 0 atom stereocenters. The molecule has 18 nitrogen and oxygen atoms in total. The zero-order valence-corrected chi connectivity index (χ0v) is 39.3. The molecule has 0 bridgehead atoms. The van der Waals surface area contributed by atoms with E-state index in [0.717, 1.165) is 47.0 Å². The average Bonchev–Trinajstić information content (AvgIpc) is 3.91. The summed E-state index contributed by atoms with van der Waals surface area (Å²) in [6.07, 6.45) is 2.17. The first-order valence-electron chi connectivity index (χ1n) is 20.1. The number of thiophene rings is 2. The van der Waals surface area contributed by atoms with Gasteiger partial charge in [-0.15, -0.1) is 22.7 Å². The topological polar surface area (TPSA) is 215 Å². The summed E-state index contributed by atoms with van der Waals surface area (Å²) in [6.45, 7) is 7.96. The monoisotopic (exact) mass is 980 g/mol. The Bertz CT molecular complexity index is 3140. The minimum atomic E-state index is -4.36. The van der Waals surface area contributed by atoms with E-state index < -0.39 is 30.2 Å². The number of ether oxygens (including phenoxy) is 2. The first-order valence-corrected chi connectivity index (χ1v) is 26.2. The van der Waals surface area contributed by atoms with Crippen LogP contribution in [0.5, 0.6) is 11.5 Å². The highest BCUT2D eigenvalue weighted by molar-refractivity contribution is 7.92. The molecule has 2 fully saturated rings. The molecule has 342 valence electrons. The Labute approximate surface area is 384 Å². The number of benzene rings is 2. The van der Waals surface area contributed by atoms with Gasteiger partial charge in [0.1, 0.15) is 11.5 Å². The van der Waals surface area contributed by atoms with E-state index in [9.17, 15) is 30.4 Å². The molecule has 65 heavy (non-hydrogen) atoms. The van der Waals surface area contributed by atoms with Gasteiger partial charge in [0.2, 0.25) is 20.0 Å². The summed E-state index contributed by atoms with van der Waals surface area (Å²) in [5, 5.41) is 12.6. The van der Waals surface area contributed by atoms with Crippen LogP contribution in [0.2, 0.25) is 0 Å². The van der Waals surface area contributed by atoms with Crippen molar-refractivity contribution >= 4 is 84.9 Å². The molecule has 8 rings (SSSR count). The lowest BCUT2D eigenvalue weighted by molar-refractivity contribution is 0.122. The van der Waals surface area contributed by atoms with Gasteiger partial charge < -0.3 is 28.6 Å². The normalized spacial score (nSPS) is 15.6. The van der Waals surface area contributed by atoms with Crippen molar-refractivity contribution in [2.75, 3.05) is 76.5 Å². The van der Waals surface area contributed by atoms with Gasteiger partial charge in [-0.05, 0) is 48.6 Å². The smallest absolute Gasteiger partial charge is 0.332 e. The lowest BCUT2D eigenvalue weighted by Gasteiger charge is -2.28. The van der Waals surface area contributed by atoms with Gasteiger partial charge in [0.15, 0.2) is 23.3 Å². The second-order valence-corrected chi connectivity index (χ2v) is 22.5. The summed E-state index contributed by atoms with van der Waals surface area (Å²) in [7, 11) is -9.13. The quantitative estimate of drug-likeness (QED) is 0.0935. The van der Waals surface area contributed by atoms with E-state index in [1.807, 2.05) is 12.1 Å². The summed E-state index contributed by atoms with van der Waals surface area (Å²) in [6, 6.07) is 16.6. The van der Waals surface area contributed by atoms with Crippen LogP contribution in [0.1, 0.15) is 9.75 Å². The van der Waals surface area contributed by atoms with Gasteiger partial charge in [0.05, 0.1) is 52.3 Å². The zero-order valence-electron chi connectivity index (χ0n) is 35.2. The fraction of sp³-hybridized carbons (Fsp3) is 0.286. The van der Waals surface area contributed by atoms with Crippen LogP contribution < -0.4 is 14.0 Å². The molecule has 0 amide bonds. The minimum absolute atomic E-state index is 0.00867. The Morgan fingerprint density at radius 2 is 1.18 bits per heavy atom. The largest absolute Gasteiger partial charge is 0.508 e. The van der Waals surface area contributed by atoms with Crippen molar-refractivity contribution in [1.29, 1.82) is 0 Å². The summed E-state index contributed by atoms with van der Waals surface area (Å²) >= 11 is 2.76. The number of aromatic hydroxyl groups is 1. The number of fused-ring (bicyclic) bond motifs is 2. The molecule has 23 heteroatoms. The number of nitrogens with zero attached hydrogens (tertiary/aromatic N) is 8. The predicted octanol–water partition coefficient (Wildman–Crippen LogP) is 5.51. The summed E-state index contributed by atoms with van der Waals surface area (Å²) in [4.78, 5) is 24.9. The molecule has 2 aromatic carbocycles. The molecular formula is C42H44N8O10S5. The predicted molar refractivity (Wildman–Crippen MR) is 252 cm³/mol. The van der Waals surface area contributed by atoms with E-state index in [0.29, 0.717) is 103 Å². The summed E-state index contributed by atoms with van der Waals surface area (Å²) in [5.74, 6) is 2.12. The molecule has 1 N–H and O–H groups in total. The van der Waals surface area contributed by atoms with Crippen LogP contribution in [-0.4, -0.2) is 126 Å². The van der Waals surface area contributed by atoms with Gasteiger partial charge in [-0.25, -0.2) is 36.8 Å². The Morgan fingerprint density at radius 3 is 1.71 bits per heavy atom. The molecule has 0 unspecified atom stereocenters. The lowest BCUT2D eigenvalue weighted by atomic mass is 10.2. The average molecular weight is 981 g/mol. The molecule has 0 aliphatic carbocycles. The first-order chi connectivity index (χ1) is 31.1. The zero-order chi connectivity index (χ0) is 45.9. The number of phenolic OH excluding ortho intramolecular Hbond substituents is 1. The number of phenols is 1. The lowest BCUT2D eigenvalue weighted by Crippen LogP contribution is -2.36. The van der Waals surface area contributed by atoms with Crippen molar-refractivity contribution in [3.05, 3.63) is 105 Å². The number of hydrogen-bond donors (Lipinski definition) is 1. The second kappa shape index (κ2) is 19.2.